The van der Waals surface area contributed by atoms with Crippen LogP contribution in [0.25, 0.3) is 0 Å². The van der Waals surface area contributed by atoms with Crippen LogP contribution in [0.2, 0.25) is 0 Å². The first-order chi connectivity index (χ1) is 9.65. The molecular formula is C15H25NO3S. The quantitative estimate of drug-likeness (QED) is 0.710. The minimum Gasteiger partial charge on any atom is -0.496 e. The molecule has 0 aliphatic rings. The van der Waals surface area contributed by atoms with Crippen molar-refractivity contribution < 1.29 is 14.2 Å². The largest absolute Gasteiger partial charge is 0.496 e. The lowest BCUT2D eigenvalue weighted by Gasteiger charge is -2.15. The Labute approximate surface area is 126 Å². The van der Waals surface area contributed by atoms with Crippen molar-refractivity contribution in [2.45, 2.75) is 25.1 Å². The van der Waals surface area contributed by atoms with Gasteiger partial charge in [-0.25, -0.2) is 0 Å². The molecule has 0 spiro atoms. The number of hydrogen-bond acceptors (Lipinski definition) is 5. The number of hydrogen-bond donors (Lipinski definition) is 1. The van der Waals surface area contributed by atoms with Crippen LogP contribution in [0.4, 0.5) is 0 Å². The molecule has 0 bridgehead atoms. The fraction of sp³-hybridized carbons (Fsp3) is 0.600. The molecule has 0 saturated carbocycles. The molecule has 4 nitrogen and oxygen atoms in total. The highest BCUT2D eigenvalue weighted by Gasteiger charge is 2.11. The Morgan fingerprint density at radius 1 is 1.05 bits per heavy atom. The zero-order valence-corrected chi connectivity index (χ0v) is 13.8. The van der Waals surface area contributed by atoms with Gasteiger partial charge in [0.2, 0.25) is 0 Å². The summed E-state index contributed by atoms with van der Waals surface area (Å²) in [6, 6.07) is 3.82. The monoisotopic (exact) mass is 299 g/mol. The highest BCUT2D eigenvalue weighted by molar-refractivity contribution is 7.99. The highest BCUT2D eigenvalue weighted by atomic mass is 32.2. The number of rotatable bonds is 9. The molecule has 1 aromatic carbocycles. The highest BCUT2D eigenvalue weighted by Crippen LogP contribution is 2.34. The summed E-state index contributed by atoms with van der Waals surface area (Å²) >= 11 is 1.89. The molecule has 0 heterocycles. The van der Waals surface area contributed by atoms with Gasteiger partial charge in [0.25, 0.3) is 0 Å². The summed E-state index contributed by atoms with van der Waals surface area (Å²) in [5.74, 6) is 2.22. The Morgan fingerprint density at radius 2 is 1.65 bits per heavy atom. The maximum Gasteiger partial charge on any atom is 0.164 e. The van der Waals surface area contributed by atoms with Gasteiger partial charge in [-0.2, -0.15) is 11.8 Å². The summed E-state index contributed by atoms with van der Waals surface area (Å²) in [7, 11) is 4.93. The second-order valence-electron chi connectivity index (χ2n) is 4.53. The van der Waals surface area contributed by atoms with Gasteiger partial charge in [0.15, 0.2) is 11.5 Å². The molecule has 1 rings (SSSR count). The average Bonchev–Trinajstić information content (AvgIpc) is 2.50. The van der Waals surface area contributed by atoms with Gasteiger partial charge in [0, 0.05) is 23.4 Å². The van der Waals surface area contributed by atoms with Crippen LogP contribution in [-0.4, -0.2) is 39.4 Å². The molecular weight excluding hydrogens is 274 g/mol. The molecule has 0 amide bonds. The Balaban J connectivity index is 2.68. The first-order valence-corrected chi connectivity index (χ1v) is 7.97. The molecule has 1 aromatic rings. The average molecular weight is 299 g/mol. The van der Waals surface area contributed by atoms with E-state index in [9.17, 15) is 0 Å². The molecule has 20 heavy (non-hydrogen) atoms. The van der Waals surface area contributed by atoms with Crippen molar-refractivity contribution in [1.29, 1.82) is 0 Å². The molecule has 1 atom stereocenters. The van der Waals surface area contributed by atoms with E-state index in [1.807, 2.05) is 23.9 Å². The Kier molecular flexibility index (Phi) is 7.62. The second-order valence-corrected chi connectivity index (χ2v) is 5.81. The fourth-order valence-corrected chi connectivity index (χ4v) is 2.23. The first-order valence-electron chi connectivity index (χ1n) is 6.68. The van der Waals surface area contributed by atoms with E-state index >= 15 is 0 Å². The van der Waals surface area contributed by atoms with Gasteiger partial charge in [0.1, 0.15) is 5.75 Å². The summed E-state index contributed by atoms with van der Waals surface area (Å²) in [6.45, 7) is 3.98. The zero-order valence-electron chi connectivity index (χ0n) is 13.0. The van der Waals surface area contributed by atoms with E-state index in [1.165, 1.54) is 0 Å². The third-order valence-corrected chi connectivity index (χ3v) is 4.27. The Hall–Kier alpha value is -1.07. The lowest BCUT2D eigenvalue weighted by molar-refractivity contribution is 0.347. The van der Waals surface area contributed by atoms with E-state index in [1.54, 1.807) is 21.3 Å². The molecule has 0 fully saturated rings. The smallest absolute Gasteiger partial charge is 0.164 e. The first kappa shape index (κ1) is 17.0. The predicted molar refractivity (Wildman–Crippen MR) is 85.4 cm³/mol. The van der Waals surface area contributed by atoms with Gasteiger partial charge in [-0.05, 0) is 25.3 Å². The third-order valence-electron chi connectivity index (χ3n) is 3.23. The van der Waals surface area contributed by atoms with Crippen LogP contribution >= 0.6 is 11.8 Å². The SMILES string of the molecule is COc1cc(OC)c(OC)cc1CNCCC(C)SC. The topological polar surface area (TPSA) is 39.7 Å². The van der Waals surface area contributed by atoms with Crippen LogP contribution in [0.1, 0.15) is 18.9 Å². The lowest BCUT2D eigenvalue weighted by atomic mass is 10.1. The van der Waals surface area contributed by atoms with Gasteiger partial charge >= 0.3 is 0 Å². The summed E-state index contributed by atoms with van der Waals surface area (Å²) in [4.78, 5) is 0. The molecule has 5 heteroatoms. The molecule has 1 unspecified atom stereocenters. The predicted octanol–water partition coefficient (Wildman–Crippen LogP) is 2.94. The van der Waals surface area contributed by atoms with Crippen molar-refractivity contribution in [3.05, 3.63) is 17.7 Å². The number of nitrogens with one attached hydrogen (secondary N) is 1. The van der Waals surface area contributed by atoms with E-state index in [0.29, 0.717) is 11.0 Å². The Bertz CT molecular complexity index is 412. The van der Waals surface area contributed by atoms with Crippen molar-refractivity contribution >= 4 is 11.8 Å². The number of thioether (sulfide) groups is 1. The minimum absolute atomic E-state index is 0.676. The third kappa shape index (κ3) is 4.80. The molecule has 0 aliphatic heterocycles. The molecule has 0 aliphatic carbocycles. The van der Waals surface area contributed by atoms with E-state index in [-0.39, 0.29) is 0 Å². The van der Waals surface area contributed by atoms with Crippen LogP contribution in [0, 0.1) is 0 Å². The number of benzene rings is 1. The fourth-order valence-electron chi connectivity index (χ4n) is 1.88. The number of ether oxygens (including phenoxy) is 3. The van der Waals surface area contributed by atoms with Gasteiger partial charge < -0.3 is 19.5 Å². The van der Waals surface area contributed by atoms with Crippen LogP contribution in [-0.2, 0) is 6.54 Å². The van der Waals surface area contributed by atoms with Crippen LogP contribution < -0.4 is 19.5 Å². The van der Waals surface area contributed by atoms with Crippen molar-refractivity contribution in [3.63, 3.8) is 0 Å². The van der Waals surface area contributed by atoms with Gasteiger partial charge in [-0.1, -0.05) is 6.92 Å². The maximum atomic E-state index is 5.41. The molecule has 1 N–H and O–H groups in total. The summed E-state index contributed by atoms with van der Waals surface area (Å²) in [5.41, 5.74) is 1.07. The van der Waals surface area contributed by atoms with Crippen molar-refractivity contribution in [2.75, 3.05) is 34.1 Å². The summed E-state index contributed by atoms with van der Waals surface area (Å²) in [5, 5.41) is 4.12. The maximum absolute atomic E-state index is 5.41. The van der Waals surface area contributed by atoms with Crippen molar-refractivity contribution in [3.8, 4) is 17.2 Å². The standard InChI is InChI=1S/C15H25NO3S/c1-11(20-5)6-7-16-10-12-8-14(18-3)15(19-4)9-13(12)17-2/h8-9,11,16H,6-7,10H2,1-5H3. The molecule has 0 radical (unpaired) electrons. The Morgan fingerprint density at radius 3 is 2.20 bits per heavy atom. The second kappa shape index (κ2) is 8.97. The van der Waals surface area contributed by atoms with Crippen LogP contribution in [0.15, 0.2) is 12.1 Å². The van der Waals surface area contributed by atoms with Gasteiger partial charge in [-0.15, -0.1) is 0 Å². The summed E-state index contributed by atoms with van der Waals surface area (Å²) in [6.07, 6.45) is 3.29. The van der Waals surface area contributed by atoms with Gasteiger partial charge in [0.05, 0.1) is 21.3 Å². The summed E-state index contributed by atoms with van der Waals surface area (Å²) < 4.78 is 16.0. The van der Waals surface area contributed by atoms with Gasteiger partial charge in [-0.3, -0.25) is 0 Å². The van der Waals surface area contributed by atoms with Crippen LogP contribution in [0.5, 0.6) is 17.2 Å². The molecule has 114 valence electrons. The van der Waals surface area contributed by atoms with Crippen LogP contribution in [0.3, 0.4) is 0 Å². The zero-order chi connectivity index (χ0) is 15.0. The van der Waals surface area contributed by atoms with E-state index < -0.39 is 0 Å². The normalized spacial score (nSPS) is 12.1. The van der Waals surface area contributed by atoms with E-state index in [4.69, 9.17) is 14.2 Å². The molecule has 0 aromatic heterocycles. The minimum atomic E-state index is 0.676. The molecule has 0 saturated heterocycles. The van der Waals surface area contributed by atoms with E-state index in [0.717, 1.165) is 36.6 Å². The van der Waals surface area contributed by atoms with Crippen molar-refractivity contribution in [2.24, 2.45) is 0 Å². The number of methoxy groups -OCH3 is 3. The lowest BCUT2D eigenvalue weighted by Crippen LogP contribution is -2.18. The van der Waals surface area contributed by atoms with Crippen molar-refractivity contribution in [1.82, 2.24) is 5.32 Å². The van der Waals surface area contributed by atoms with E-state index in [2.05, 4.69) is 18.5 Å².